The molecule has 1 amide bonds. The lowest BCUT2D eigenvalue weighted by atomic mass is 10.0. The van der Waals surface area contributed by atoms with Crippen LogP contribution >= 0.6 is 11.3 Å². The highest BCUT2D eigenvalue weighted by atomic mass is 32.1. The Morgan fingerprint density at radius 3 is 2.41 bits per heavy atom. The molecule has 0 saturated heterocycles. The van der Waals surface area contributed by atoms with Crippen LogP contribution in [0, 0.1) is 0 Å². The molecule has 0 radical (unpaired) electrons. The van der Waals surface area contributed by atoms with E-state index in [4.69, 9.17) is 4.74 Å². The molecule has 3 rings (SSSR count). The Labute approximate surface area is 173 Å². The van der Waals surface area contributed by atoms with Crippen molar-refractivity contribution >= 4 is 34.2 Å². The lowest BCUT2D eigenvalue weighted by Gasteiger charge is -2.25. The number of esters is 2. The average molecular weight is 416 g/mol. The maximum atomic E-state index is 12.7. The zero-order valence-corrected chi connectivity index (χ0v) is 17.6. The van der Waals surface area contributed by atoms with E-state index in [0.29, 0.717) is 21.7 Å². The number of nitrogens with one attached hydrogen (secondary N) is 1. The molecule has 1 aliphatic heterocycles. The normalized spacial score (nSPS) is 13.5. The number of carbonyl (C=O) groups is 3. The molecule has 0 bridgehead atoms. The van der Waals surface area contributed by atoms with Crippen molar-refractivity contribution in [2.45, 2.75) is 26.8 Å². The predicted molar refractivity (Wildman–Crippen MR) is 111 cm³/mol. The number of hydrogen-bond acceptors (Lipinski definition) is 7. The molecule has 0 spiro atoms. The third kappa shape index (κ3) is 4.49. The predicted octanol–water partition coefficient (Wildman–Crippen LogP) is 3.34. The standard InChI is InChI=1S/C21H24N2O5S/c1-4-23-11-10-15-16(12-23)29-19(17(15)21(26)28-5-2)22-18(24)13-6-8-14(9-7-13)20(25)27-3/h6-9H,4-5,10-12H2,1-3H3,(H,22,24). The van der Waals surface area contributed by atoms with Crippen LogP contribution in [0.4, 0.5) is 5.00 Å². The van der Waals surface area contributed by atoms with Gasteiger partial charge in [-0.2, -0.15) is 0 Å². The molecule has 7 nitrogen and oxygen atoms in total. The van der Waals surface area contributed by atoms with Gasteiger partial charge in [0.2, 0.25) is 0 Å². The molecule has 0 aliphatic carbocycles. The van der Waals surface area contributed by atoms with E-state index in [0.717, 1.165) is 36.5 Å². The third-order valence-electron chi connectivity index (χ3n) is 4.86. The van der Waals surface area contributed by atoms with E-state index in [2.05, 4.69) is 21.9 Å². The Balaban J connectivity index is 1.87. The first-order valence-electron chi connectivity index (χ1n) is 9.52. The minimum absolute atomic E-state index is 0.271. The number of benzene rings is 1. The summed E-state index contributed by atoms with van der Waals surface area (Å²) in [5.41, 5.74) is 2.17. The van der Waals surface area contributed by atoms with Crippen LogP contribution in [0.5, 0.6) is 0 Å². The van der Waals surface area contributed by atoms with Crippen molar-refractivity contribution in [3.8, 4) is 0 Å². The van der Waals surface area contributed by atoms with Crippen molar-refractivity contribution in [2.75, 3.05) is 32.1 Å². The van der Waals surface area contributed by atoms with Gasteiger partial charge in [-0.05, 0) is 49.7 Å². The Kier molecular flexibility index (Phi) is 6.66. The van der Waals surface area contributed by atoms with Crippen molar-refractivity contribution in [1.29, 1.82) is 0 Å². The second-order valence-corrected chi connectivity index (χ2v) is 7.68. The summed E-state index contributed by atoms with van der Waals surface area (Å²) in [7, 11) is 1.30. The molecule has 8 heteroatoms. The summed E-state index contributed by atoms with van der Waals surface area (Å²) >= 11 is 1.42. The zero-order chi connectivity index (χ0) is 21.0. The summed E-state index contributed by atoms with van der Waals surface area (Å²) in [6.07, 6.45) is 0.748. The monoisotopic (exact) mass is 416 g/mol. The van der Waals surface area contributed by atoms with Crippen molar-refractivity contribution < 1.29 is 23.9 Å². The fraction of sp³-hybridized carbons (Fsp3) is 0.381. The molecule has 1 aliphatic rings. The van der Waals surface area contributed by atoms with Gasteiger partial charge in [-0.15, -0.1) is 11.3 Å². The number of thiophene rings is 1. The lowest BCUT2D eigenvalue weighted by Crippen LogP contribution is -2.30. The number of methoxy groups -OCH3 is 1. The lowest BCUT2D eigenvalue weighted by molar-refractivity contribution is 0.0525. The van der Waals surface area contributed by atoms with Gasteiger partial charge in [-0.3, -0.25) is 9.69 Å². The number of carbonyl (C=O) groups excluding carboxylic acids is 3. The van der Waals surface area contributed by atoms with Crippen LogP contribution in [-0.2, 0) is 22.4 Å². The van der Waals surface area contributed by atoms with Gasteiger partial charge in [0.15, 0.2) is 0 Å². The Morgan fingerprint density at radius 2 is 1.79 bits per heavy atom. The highest BCUT2D eigenvalue weighted by Crippen LogP contribution is 2.37. The van der Waals surface area contributed by atoms with E-state index < -0.39 is 11.9 Å². The van der Waals surface area contributed by atoms with Gasteiger partial charge in [0.25, 0.3) is 5.91 Å². The van der Waals surface area contributed by atoms with Crippen molar-refractivity contribution in [3.05, 3.63) is 51.4 Å². The van der Waals surface area contributed by atoms with E-state index in [1.165, 1.54) is 30.6 Å². The average Bonchev–Trinajstić information content (AvgIpc) is 3.10. The van der Waals surface area contributed by atoms with Crippen molar-refractivity contribution in [3.63, 3.8) is 0 Å². The van der Waals surface area contributed by atoms with Gasteiger partial charge in [-0.1, -0.05) is 6.92 Å². The third-order valence-corrected chi connectivity index (χ3v) is 5.99. The summed E-state index contributed by atoms with van der Waals surface area (Å²) in [5.74, 6) is -1.22. The SMILES string of the molecule is CCOC(=O)c1c(NC(=O)c2ccc(C(=O)OC)cc2)sc2c1CCN(CC)C2. The fourth-order valence-corrected chi connectivity index (χ4v) is 4.56. The molecule has 154 valence electrons. The number of likely N-dealkylation sites (N-methyl/N-ethyl adjacent to an activating group) is 1. The number of amides is 1. The fourth-order valence-electron chi connectivity index (χ4n) is 3.28. The van der Waals surface area contributed by atoms with Crippen molar-refractivity contribution in [2.24, 2.45) is 0 Å². The van der Waals surface area contributed by atoms with E-state index in [9.17, 15) is 14.4 Å². The molecular formula is C21H24N2O5S. The van der Waals surface area contributed by atoms with Crippen LogP contribution in [0.15, 0.2) is 24.3 Å². The van der Waals surface area contributed by atoms with Crippen LogP contribution in [0.2, 0.25) is 0 Å². The second kappa shape index (κ2) is 9.19. The Bertz CT molecular complexity index is 920. The maximum absolute atomic E-state index is 12.7. The molecule has 2 aromatic rings. The van der Waals surface area contributed by atoms with Crippen LogP contribution < -0.4 is 5.32 Å². The maximum Gasteiger partial charge on any atom is 0.341 e. The van der Waals surface area contributed by atoms with E-state index >= 15 is 0 Å². The van der Waals surface area contributed by atoms with E-state index in [1.807, 2.05) is 0 Å². The molecule has 1 aromatic heterocycles. The van der Waals surface area contributed by atoms with Gasteiger partial charge in [0.1, 0.15) is 5.00 Å². The summed E-state index contributed by atoms with van der Waals surface area (Å²) in [6.45, 7) is 6.69. The molecule has 0 saturated carbocycles. The number of rotatable bonds is 6. The number of nitrogens with zero attached hydrogens (tertiary/aromatic N) is 1. The van der Waals surface area contributed by atoms with Gasteiger partial charge in [-0.25, -0.2) is 9.59 Å². The first-order chi connectivity index (χ1) is 14.0. The van der Waals surface area contributed by atoms with Crippen LogP contribution in [0.1, 0.15) is 55.4 Å². The number of ether oxygens (including phenoxy) is 2. The first kappa shape index (κ1) is 21.0. The van der Waals surface area contributed by atoms with Crippen LogP contribution in [0.25, 0.3) is 0 Å². The number of fused-ring (bicyclic) bond motifs is 1. The highest BCUT2D eigenvalue weighted by Gasteiger charge is 2.29. The minimum atomic E-state index is -0.465. The van der Waals surface area contributed by atoms with Gasteiger partial charge >= 0.3 is 11.9 Å². The minimum Gasteiger partial charge on any atom is -0.465 e. The molecule has 0 atom stereocenters. The number of anilines is 1. The quantitative estimate of drug-likeness (QED) is 0.727. The smallest absolute Gasteiger partial charge is 0.341 e. The second-order valence-electron chi connectivity index (χ2n) is 6.57. The molecule has 1 aromatic carbocycles. The highest BCUT2D eigenvalue weighted by molar-refractivity contribution is 7.17. The molecule has 2 heterocycles. The van der Waals surface area contributed by atoms with Gasteiger partial charge < -0.3 is 14.8 Å². The Morgan fingerprint density at radius 1 is 1.10 bits per heavy atom. The molecule has 29 heavy (non-hydrogen) atoms. The molecular weight excluding hydrogens is 392 g/mol. The van der Waals surface area contributed by atoms with Gasteiger partial charge in [0.05, 0.1) is 24.8 Å². The largest absolute Gasteiger partial charge is 0.465 e. The molecule has 1 N–H and O–H groups in total. The zero-order valence-electron chi connectivity index (χ0n) is 16.7. The van der Waals surface area contributed by atoms with Crippen LogP contribution in [0.3, 0.4) is 0 Å². The first-order valence-corrected chi connectivity index (χ1v) is 10.3. The van der Waals surface area contributed by atoms with E-state index in [-0.39, 0.29) is 12.5 Å². The van der Waals surface area contributed by atoms with E-state index in [1.54, 1.807) is 19.1 Å². The summed E-state index contributed by atoms with van der Waals surface area (Å²) < 4.78 is 9.91. The van der Waals surface area contributed by atoms with Gasteiger partial charge in [0, 0.05) is 23.5 Å². The number of hydrogen-bond donors (Lipinski definition) is 1. The van der Waals surface area contributed by atoms with Crippen LogP contribution in [-0.4, -0.2) is 49.6 Å². The molecule has 0 unspecified atom stereocenters. The summed E-state index contributed by atoms with van der Waals surface area (Å²) in [6, 6.07) is 6.17. The summed E-state index contributed by atoms with van der Waals surface area (Å²) in [5, 5.41) is 3.37. The summed E-state index contributed by atoms with van der Waals surface area (Å²) in [4.78, 5) is 40.3. The topological polar surface area (TPSA) is 84.9 Å². The van der Waals surface area contributed by atoms with Crippen molar-refractivity contribution in [1.82, 2.24) is 4.90 Å². The Hall–Kier alpha value is -2.71. The molecule has 0 fully saturated rings.